The fourth-order valence-corrected chi connectivity index (χ4v) is 3.98. The summed E-state index contributed by atoms with van der Waals surface area (Å²) in [6, 6.07) is 20.1. The highest BCUT2D eigenvalue weighted by atomic mass is 16.5. The number of hydrogen-bond donors (Lipinski definition) is 2. The molecule has 2 heterocycles. The maximum atomic E-state index is 5.58. The number of aromatic nitrogens is 2. The molecular formula is C24H23N5O2. The Kier molecular flexibility index (Phi) is 4.89. The van der Waals surface area contributed by atoms with Crippen molar-refractivity contribution >= 4 is 22.6 Å². The molecule has 2 N–H and O–H groups in total. The number of benzene rings is 3. The van der Waals surface area contributed by atoms with E-state index in [-0.39, 0.29) is 6.23 Å². The Morgan fingerprint density at radius 1 is 1.03 bits per heavy atom. The van der Waals surface area contributed by atoms with Gasteiger partial charge in [0.05, 0.1) is 29.5 Å². The number of hydrogen-bond acceptors (Lipinski definition) is 5. The summed E-state index contributed by atoms with van der Waals surface area (Å²) in [4.78, 5) is 9.44. The Bertz CT molecular complexity index is 1290. The number of amidine groups is 1. The van der Waals surface area contributed by atoms with Gasteiger partial charge in [-0.15, -0.1) is 0 Å². The van der Waals surface area contributed by atoms with Gasteiger partial charge in [-0.1, -0.05) is 36.4 Å². The smallest absolute Gasteiger partial charge is 0.150 e. The quantitative estimate of drug-likeness (QED) is 0.525. The number of methoxy groups -OCH3 is 2. The van der Waals surface area contributed by atoms with E-state index in [0.717, 1.165) is 50.7 Å². The summed E-state index contributed by atoms with van der Waals surface area (Å²) in [5.41, 5.74) is 13.1. The third-order valence-corrected chi connectivity index (χ3v) is 5.49. The predicted molar refractivity (Wildman–Crippen MR) is 121 cm³/mol. The average molecular weight is 413 g/mol. The standard InChI is InChI=1S/C24H23N5O2/c1-15-7-6-10-21(30-2)22(15)29-14-25-19-13-16(11-12-20(19)29)26-23-17-8-4-5-9-18(17)24(31-3)28-27-23/h4-14,24,28H,1-3H3,(H,26,27). The number of para-hydroxylation sites is 1. The molecule has 0 bridgehead atoms. The topological polar surface area (TPSA) is 72.7 Å². The summed E-state index contributed by atoms with van der Waals surface area (Å²) in [5, 5.41) is 0. The van der Waals surface area contributed by atoms with E-state index in [1.54, 1.807) is 14.2 Å². The number of aryl methyl sites for hydroxylation is 1. The normalized spacial score (nSPS) is 16.9. The Labute approximate surface area is 180 Å². The van der Waals surface area contributed by atoms with Crippen molar-refractivity contribution in [1.82, 2.24) is 20.4 Å². The van der Waals surface area contributed by atoms with Crippen LogP contribution >= 0.6 is 0 Å². The lowest BCUT2D eigenvalue weighted by Crippen LogP contribution is -2.46. The lowest BCUT2D eigenvalue weighted by Gasteiger charge is -2.27. The van der Waals surface area contributed by atoms with Gasteiger partial charge in [0.15, 0.2) is 6.23 Å². The summed E-state index contributed by atoms with van der Waals surface area (Å²) >= 11 is 0. The second-order valence-electron chi connectivity index (χ2n) is 7.35. The highest BCUT2D eigenvalue weighted by Crippen LogP contribution is 2.31. The number of nitrogens with zero attached hydrogens (tertiary/aromatic N) is 3. The first kappa shape index (κ1) is 19.3. The van der Waals surface area contributed by atoms with E-state index in [4.69, 9.17) is 14.5 Å². The number of nitrogens with one attached hydrogen (secondary N) is 2. The summed E-state index contributed by atoms with van der Waals surface area (Å²) < 4.78 is 13.1. The predicted octanol–water partition coefficient (Wildman–Crippen LogP) is 4.17. The van der Waals surface area contributed by atoms with Gasteiger partial charge < -0.3 is 14.9 Å². The molecule has 3 aromatic carbocycles. The largest absolute Gasteiger partial charge is 0.495 e. The van der Waals surface area contributed by atoms with E-state index in [0.29, 0.717) is 0 Å². The van der Waals surface area contributed by atoms with E-state index < -0.39 is 0 Å². The Hall–Kier alpha value is -3.68. The maximum absolute atomic E-state index is 5.58. The lowest BCUT2D eigenvalue weighted by atomic mass is 10.0. The van der Waals surface area contributed by atoms with Crippen LogP contribution in [0.1, 0.15) is 22.9 Å². The van der Waals surface area contributed by atoms with Crippen LogP contribution in [0.3, 0.4) is 0 Å². The lowest BCUT2D eigenvalue weighted by molar-refractivity contribution is 0.0642. The minimum absolute atomic E-state index is 0.225. The Morgan fingerprint density at radius 2 is 1.90 bits per heavy atom. The molecule has 0 amide bonds. The summed E-state index contributed by atoms with van der Waals surface area (Å²) in [6.45, 7) is 2.07. The molecule has 0 fully saturated rings. The molecule has 1 aromatic heterocycles. The molecule has 0 radical (unpaired) electrons. The van der Waals surface area contributed by atoms with Crippen molar-refractivity contribution in [2.45, 2.75) is 13.2 Å². The average Bonchev–Trinajstić information content (AvgIpc) is 3.22. The molecule has 7 heteroatoms. The number of imidazole rings is 1. The second kappa shape index (κ2) is 7.86. The van der Waals surface area contributed by atoms with Gasteiger partial charge in [0.1, 0.15) is 17.9 Å². The summed E-state index contributed by atoms with van der Waals surface area (Å²) in [6.07, 6.45) is 1.60. The molecule has 5 rings (SSSR count). The van der Waals surface area contributed by atoms with Crippen LogP contribution in [-0.4, -0.2) is 29.6 Å². The highest BCUT2D eigenvalue weighted by molar-refractivity contribution is 6.02. The van der Waals surface area contributed by atoms with Gasteiger partial charge in [0, 0.05) is 18.2 Å². The zero-order valence-corrected chi connectivity index (χ0v) is 17.6. The number of fused-ring (bicyclic) bond motifs is 2. The third kappa shape index (κ3) is 3.34. The van der Waals surface area contributed by atoms with Gasteiger partial charge in [-0.2, -0.15) is 0 Å². The van der Waals surface area contributed by atoms with Gasteiger partial charge >= 0.3 is 0 Å². The first-order chi connectivity index (χ1) is 15.2. The second-order valence-corrected chi connectivity index (χ2v) is 7.35. The van der Waals surface area contributed by atoms with Crippen LogP contribution in [0.2, 0.25) is 0 Å². The van der Waals surface area contributed by atoms with Crippen molar-refractivity contribution in [3.63, 3.8) is 0 Å². The molecule has 0 spiro atoms. The van der Waals surface area contributed by atoms with Gasteiger partial charge in [0.2, 0.25) is 0 Å². The zero-order chi connectivity index (χ0) is 21.4. The number of rotatable bonds is 4. The number of aliphatic imine (C=N–C) groups is 1. The molecule has 7 nitrogen and oxygen atoms in total. The minimum atomic E-state index is -0.225. The van der Waals surface area contributed by atoms with Crippen molar-refractivity contribution in [3.8, 4) is 11.4 Å². The van der Waals surface area contributed by atoms with E-state index in [1.807, 2.05) is 60.9 Å². The van der Waals surface area contributed by atoms with Gasteiger partial charge in [-0.05, 0) is 36.8 Å². The van der Waals surface area contributed by atoms with Crippen molar-refractivity contribution < 1.29 is 9.47 Å². The van der Waals surface area contributed by atoms with Crippen molar-refractivity contribution in [1.29, 1.82) is 0 Å². The molecule has 1 aliphatic heterocycles. The monoisotopic (exact) mass is 413 g/mol. The van der Waals surface area contributed by atoms with Gasteiger partial charge in [-0.3, -0.25) is 4.57 Å². The van der Waals surface area contributed by atoms with Crippen LogP contribution in [0, 0.1) is 6.92 Å². The van der Waals surface area contributed by atoms with Crippen LogP contribution in [-0.2, 0) is 4.74 Å². The van der Waals surface area contributed by atoms with Crippen LogP contribution in [0.5, 0.6) is 5.75 Å². The summed E-state index contributed by atoms with van der Waals surface area (Å²) in [5.74, 6) is 1.55. The number of hydrazine groups is 1. The van der Waals surface area contributed by atoms with Crippen LogP contribution in [0.4, 0.5) is 5.69 Å². The Morgan fingerprint density at radius 3 is 2.74 bits per heavy atom. The Balaban J connectivity index is 1.56. The highest BCUT2D eigenvalue weighted by Gasteiger charge is 2.23. The first-order valence-electron chi connectivity index (χ1n) is 10.0. The molecule has 0 saturated heterocycles. The molecule has 1 atom stereocenters. The molecule has 156 valence electrons. The molecule has 31 heavy (non-hydrogen) atoms. The first-order valence-corrected chi connectivity index (χ1v) is 10.0. The molecule has 0 saturated carbocycles. The third-order valence-electron chi connectivity index (χ3n) is 5.49. The van der Waals surface area contributed by atoms with Crippen LogP contribution in [0.25, 0.3) is 16.7 Å². The van der Waals surface area contributed by atoms with E-state index >= 15 is 0 Å². The summed E-state index contributed by atoms with van der Waals surface area (Å²) in [7, 11) is 3.36. The van der Waals surface area contributed by atoms with Gasteiger partial charge in [0.25, 0.3) is 0 Å². The van der Waals surface area contributed by atoms with E-state index in [9.17, 15) is 0 Å². The number of ether oxygens (including phenoxy) is 2. The molecule has 0 aliphatic carbocycles. The van der Waals surface area contributed by atoms with Crippen molar-refractivity contribution in [2.75, 3.05) is 14.2 Å². The van der Waals surface area contributed by atoms with Gasteiger partial charge in [-0.25, -0.2) is 15.4 Å². The maximum Gasteiger partial charge on any atom is 0.150 e. The molecule has 1 aliphatic rings. The van der Waals surface area contributed by atoms with Crippen molar-refractivity contribution in [3.05, 3.63) is 83.7 Å². The fraction of sp³-hybridized carbons (Fsp3) is 0.167. The van der Waals surface area contributed by atoms with Crippen LogP contribution < -0.4 is 15.6 Å². The minimum Gasteiger partial charge on any atom is -0.495 e. The molecule has 1 unspecified atom stereocenters. The molecular weight excluding hydrogens is 390 g/mol. The van der Waals surface area contributed by atoms with E-state index in [1.165, 1.54) is 0 Å². The fourth-order valence-electron chi connectivity index (χ4n) is 3.98. The zero-order valence-electron chi connectivity index (χ0n) is 17.6. The SMILES string of the molecule is COc1cccc(C)c1-n1cnc2cc(N=C3NNC(OC)c4ccccc43)ccc21. The molecule has 4 aromatic rings. The van der Waals surface area contributed by atoms with E-state index in [2.05, 4.69) is 33.4 Å². The van der Waals surface area contributed by atoms with Crippen LogP contribution in [0.15, 0.2) is 72.0 Å². The van der Waals surface area contributed by atoms with Crippen molar-refractivity contribution in [2.24, 2.45) is 4.99 Å².